The standard InChI is InChI=1S/C35H46O3/c1-8-35(9-2,30-16-14-28(25(3)22-30)15-19-33(37)34(5,6)7)31-17-18-32(26(4)23-31)29-12-10-27(11-13-29)20-21-38-24-36/h10-14,16-18,22-24,33,37H,8-9,15,19-21H2,1-7H3. The van der Waals surface area contributed by atoms with Gasteiger partial charge >= 0.3 is 0 Å². The van der Waals surface area contributed by atoms with Gasteiger partial charge in [-0.3, -0.25) is 4.79 Å². The van der Waals surface area contributed by atoms with Crippen molar-refractivity contribution in [3.63, 3.8) is 0 Å². The summed E-state index contributed by atoms with van der Waals surface area (Å²) in [7, 11) is 0. The maximum Gasteiger partial charge on any atom is 0.293 e. The molecule has 0 saturated carbocycles. The summed E-state index contributed by atoms with van der Waals surface area (Å²) in [6, 6.07) is 22.5. The molecule has 1 unspecified atom stereocenters. The molecule has 1 atom stereocenters. The number of hydrogen-bond acceptors (Lipinski definition) is 3. The Morgan fingerprint density at radius 1 is 0.842 bits per heavy atom. The summed E-state index contributed by atoms with van der Waals surface area (Å²) in [6.07, 6.45) is 4.16. The van der Waals surface area contributed by atoms with Crippen LogP contribution in [0.15, 0.2) is 60.7 Å². The number of carbonyl (C=O) groups is 1. The summed E-state index contributed by atoms with van der Waals surface area (Å²) in [5.41, 5.74) is 10.1. The minimum absolute atomic E-state index is 0.0417. The van der Waals surface area contributed by atoms with Crippen molar-refractivity contribution < 1.29 is 14.6 Å². The number of benzene rings is 3. The van der Waals surface area contributed by atoms with Crippen LogP contribution in [0.5, 0.6) is 0 Å². The van der Waals surface area contributed by atoms with Crippen molar-refractivity contribution in [2.45, 2.75) is 92.1 Å². The van der Waals surface area contributed by atoms with Gasteiger partial charge in [0, 0.05) is 11.8 Å². The molecule has 0 aromatic heterocycles. The zero-order valence-corrected chi connectivity index (χ0v) is 24.4. The number of aliphatic hydroxyl groups excluding tert-OH is 1. The average Bonchev–Trinajstić information content (AvgIpc) is 2.89. The van der Waals surface area contributed by atoms with Gasteiger partial charge in [-0.05, 0) is 89.5 Å². The van der Waals surface area contributed by atoms with Crippen LogP contribution >= 0.6 is 0 Å². The van der Waals surface area contributed by atoms with E-state index in [-0.39, 0.29) is 16.9 Å². The third-order valence-corrected chi connectivity index (χ3v) is 8.41. The molecule has 0 aliphatic heterocycles. The van der Waals surface area contributed by atoms with Crippen LogP contribution in [0.4, 0.5) is 0 Å². The van der Waals surface area contributed by atoms with E-state index in [0.717, 1.165) is 37.7 Å². The summed E-state index contributed by atoms with van der Waals surface area (Å²) < 4.78 is 4.83. The van der Waals surface area contributed by atoms with Gasteiger partial charge in [0.05, 0.1) is 12.7 Å². The van der Waals surface area contributed by atoms with Gasteiger partial charge in [-0.2, -0.15) is 0 Å². The third-order valence-electron chi connectivity index (χ3n) is 8.41. The second-order valence-corrected chi connectivity index (χ2v) is 11.8. The number of aliphatic hydroxyl groups is 1. The van der Waals surface area contributed by atoms with Crippen molar-refractivity contribution in [1.29, 1.82) is 0 Å². The van der Waals surface area contributed by atoms with Gasteiger partial charge in [-0.1, -0.05) is 95.3 Å². The molecule has 204 valence electrons. The fraction of sp³-hybridized carbons (Fsp3) is 0.457. The summed E-state index contributed by atoms with van der Waals surface area (Å²) >= 11 is 0. The summed E-state index contributed by atoms with van der Waals surface area (Å²) in [5.74, 6) is 0. The Labute approximate surface area is 230 Å². The lowest BCUT2D eigenvalue weighted by Gasteiger charge is -2.34. The topological polar surface area (TPSA) is 46.5 Å². The van der Waals surface area contributed by atoms with Gasteiger partial charge in [0.25, 0.3) is 6.47 Å². The highest BCUT2D eigenvalue weighted by atomic mass is 16.5. The molecule has 0 spiro atoms. The van der Waals surface area contributed by atoms with E-state index in [9.17, 15) is 9.90 Å². The lowest BCUT2D eigenvalue weighted by molar-refractivity contribution is -0.128. The molecule has 3 aromatic carbocycles. The van der Waals surface area contributed by atoms with Gasteiger partial charge in [0.1, 0.15) is 0 Å². The van der Waals surface area contributed by atoms with Crippen LogP contribution in [-0.4, -0.2) is 24.3 Å². The normalized spacial score (nSPS) is 12.8. The highest BCUT2D eigenvalue weighted by Gasteiger charge is 2.31. The van der Waals surface area contributed by atoms with Crippen molar-refractivity contribution in [2.75, 3.05) is 6.61 Å². The van der Waals surface area contributed by atoms with Crippen molar-refractivity contribution in [1.82, 2.24) is 0 Å². The van der Waals surface area contributed by atoms with E-state index in [4.69, 9.17) is 4.74 Å². The zero-order chi connectivity index (χ0) is 27.9. The van der Waals surface area contributed by atoms with Crippen molar-refractivity contribution in [3.05, 3.63) is 94.0 Å². The quantitative estimate of drug-likeness (QED) is 0.196. The minimum atomic E-state index is -0.305. The Hall–Kier alpha value is -2.91. The molecule has 3 aromatic rings. The smallest absolute Gasteiger partial charge is 0.293 e. The van der Waals surface area contributed by atoms with Crippen LogP contribution < -0.4 is 0 Å². The Balaban J connectivity index is 1.86. The molecule has 38 heavy (non-hydrogen) atoms. The molecule has 0 heterocycles. The van der Waals surface area contributed by atoms with E-state index < -0.39 is 0 Å². The molecule has 3 nitrogen and oxygen atoms in total. The van der Waals surface area contributed by atoms with Crippen LogP contribution in [0.3, 0.4) is 0 Å². The number of aryl methyl sites for hydroxylation is 3. The third kappa shape index (κ3) is 6.74. The summed E-state index contributed by atoms with van der Waals surface area (Å²) in [5, 5.41) is 10.5. The van der Waals surface area contributed by atoms with E-state index in [1.807, 2.05) is 0 Å². The molecule has 0 fully saturated rings. The fourth-order valence-corrected chi connectivity index (χ4v) is 5.59. The molecular weight excluding hydrogens is 468 g/mol. The molecule has 0 bridgehead atoms. The van der Waals surface area contributed by atoms with E-state index in [0.29, 0.717) is 13.1 Å². The lowest BCUT2D eigenvalue weighted by atomic mass is 9.69. The van der Waals surface area contributed by atoms with Crippen LogP contribution in [0.1, 0.15) is 87.3 Å². The number of hydrogen-bond donors (Lipinski definition) is 1. The van der Waals surface area contributed by atoms with Gasteiger partial charge in [0.15, 0.2) is 0 Å². The van der Waals surface area contributed by atoms with Gasteiger partial charge in [-0.15, -0.1) is 0 Å². The SMILES string of the molecule is CCC(CC)(c1ccc(CCC(O)C(C)(C)C)c(C)c1)c1ccc(-c2ccc(CCOC=O)cc2)c(C)c1. The first-order valence-electron chi connectivity index (χ1n) is 14.1. The first kappa shape index (κ1) is 29.6. The Bertz CT molecular complexity index is 1200. The lowest BCUT2D eigenvalue weighted by Crippen LogP contribution is -2.27. The Morgan fingerprint density at radius 3 is 1.97 bits per heavy atom. The van der Waals surface area contributed by atoms with E-state index in [1.165, 1.54) is 38.9 Å². The molecule has 0 aliphatic carbocycles. The van der Waals surface area contributed by atoms with E-state index in [2.05, 4.69) is 109 Å². The number of ether oxygens (including phenoxy) is 1. The van der Waals surface area contributed by atoms with Crippen LogP contribution in [-0.2, 0) is 27.8 Å². The van der Waals surface area contributed by atoms with Crippen LogP contribution in [0, 0.1) is 19.3 Å². The average molecular weight is 515 g/mol. The fourth-order valence-electron chi connectivity index (χ4n) is 5.59. The zero-order valence-electron chi connectivity index (χ0n) is 24.4. The molecule has 0 aliphatic rings. The first-order valence-corrected chi connectivity index (χ1v) is 14.1. The Kier molecular flexibility index (Phi) is 9.95. The predicted molar refractivity (Wildman–Crippen MR) is 159 cm³/mol. The highest BCUT2D eigenvalue weighted by molar-refractivity contribution is 5.68. The molecule has 0 radical (unpaired) electrons. The van der Waals surface area contributed by atoms with Crippen molar-refractivity contribution in [2.24, 2.45) is 5.41 Å². The second kappa shape index (κ2) is 12.8. The number of rotatable bonds is 12. The molecule has 0 amide bonds. The largest absolute Gasteiger partial charge is 0.468 e. The molecule has 3 rings (SSSR count). The summed E-state index contributed by atoms with van der Waals surface area (Å²) in [6.45, 7) is 16.2. The Morgan fingerprint density at radius 2 is 1.45 bits per heavy atom. The van der Waals surface area contributed by atoms with Gasteiger partial charge in [-0.25, -0.2) is 0 Å². The first-order chi connectivity index (χ1) is 18.1. The second-order valence-electron chi connectivity index (χ2n) is 11.8. The van der Waals surface area contributed by atoms with Crippen molar-refractivity contribution in [3.8, 4) is 11.1 Å². The maximum absolute atomic E-state index is 10.5. The van der Waals surface area contributed by atoms with Crippen molar-refractivity contribution >= 4 is 6.47 Å². The van der Waals surface area contributed by atoms with Gasteiger partial charge in [0.2, 0.25) is 0 Å². The molecule has 1 N–H and O–H groups in total. The molecular formula is C35H46O3. The van der Waals surface area contributed by atoms with Gasteiger partial charge < -0.3 is 9.84 Å². The molecule has 0 saturated heterocycles. The van der Waals surface area contributed by atoms with E-state index in [1.54, 1.807) is 0 Å². The monoisotopic (exact) mass is 514 g/mol. The molecule has 3 heteroatoms. The highest BCUT2D eigenvalue weighted by Crippen LogP contribution is 2.41. The van der Waals surface area contributed by atoms with Crippen LogP contribution in [0.2, 0.25) is 0 Å². The predicted octanol–water partition coefficient (Wildman–Crippen LogP) is 8.13. The maximum atomic E-state index is 10.5. The summed E-state index contributed by atoms with van der Waals surface area (Å²) in [4.78, 5) is 10.4. The minimum Gasteiger partial charge on any atom is -0.468 e. The van der Waals surface area contributed by atoms with Crippen LogP contribution in [0.25, 0.3) is 11.1 Å². The van der Waals surface area contributed by atoms with E-state index >= 15 is 0 Å². The number of carbonyl (C=O) groups excluding carboxylic acids is 1.